The highest BCUT2D eigenvalue weighted by molar-refractivity contribution is 5.96. The van der Waals surface area contributed by atoms with Crippen molar-refractivity contribution >= 4 is 11.9 Å². The van der Waals surface area contributed by atoms with E-state index >= 15 is 0 Å². The maximum Gasteiger partial charge on any atom is 0.329 e. The third-order valence-corrected chi connectivity index (χ3v) is 2.64. The van der Waals surface area contributed by atoms with E-state index in [0.29, 0.717) is 12.8 Å². The number of carbonyl (C=O) groups is 2. The molecule has 0 saturated heterocycles. The molecule has 2 N–H and O–H groups in total. The number of amides is 1. The minimum Gasteiger partial charge on any atom is -0.480 e. The number of nitrogens with zero attached hydrogens (tertiary/aromatic N) is 1. The van der Waals surface area contributed by atoms with Gasteiger partial charge >= 0.3 is 5.97 Å². The molecule has 0 atom stereocenters. The van der Waals surface area contributed by atoms with Crippen LogP contribution < -0.4 is 5.32 Å². The van der Waals surface area contributed by atoms with Gasteiger partial charge in [-0.3, -0.25) is 4.79 Å². The van der Waals surface area contributed by atoms with Crippen molar-refractivity contribution in [1.82, 2.24) is 10.5 Å². The summed E-state index contributed by atoms with van der Waals surface area (Å²) in [6.45, 7) is 3.42. The molecule has 16 heavy (non-hydrogen) atoms. The summed E-state index contributed by atoms with van der Waals surface area (Å²) < 4.78 is 4.52. The van der Waals surface area contributed by atoms with Gasteiger partial charge in [-0.05, 0) is 12.8 Å². The number of carboxylic acid groups (broad SMARTS) is 1. The van der Waals surface area contributed by atoms with Crippen LogP contribution in [0.4, 0.5) is 0 Å². The smallest absolute Gasteiger partial charge is 0.329 e. The number of aliphatic carboxylic acids is 1. The van der Waals surface area contributed by atoms with E-state index in [1.165, 1.54) is 12.3 Å². The Morgan fingerprint density at radius 1 is 1.50 bits per heavy atom. The highest BCUT2D eigenvalue weighted by Crippen LogP contribution is 2.16. The quantitative estimate of drug-likeness (QED) is 0.782. The van der Waals surface area contributed by atoms with Crippen molar-refractivity contribution in [2.24, 2.45) is 0 Å². The van der Waals surface area contributed by atoms with Crippen molar-refractivity contribution in [3.63, 3.8) is 0 Å². The normalized spacial score (nSPS) is 11.1. The monoisotopic (exact) mass is 226 g/mol. The maximum atomic E-state index is 11.6. The topological polar surface area (TPSA) is 92.4 Å². The molecule has 0 bridgehead atoms. The summed E-state index contributed by atoms with van der Waals surface area (Å²) in [5.74, 6) is -1.59. The van der Waals surface area contributed by atoms with Gasteiger partial charge in [0.05, 0.1) is 0 Å². The summed E-state index contributed by atoms with van der Waals surface area (Å²) in [4.78, 5) is 22.8. The van der Waals surface area contributed by atoms with E-state index in [-0.39, 0.29) is 5.69 Å². The third-order valence-electron chi connectivity index (χ3n) is 2.64. The van der Waals surface area contributed by atoms with Gasteiger partial charge in [-0.1, -0.05) is 19.0 Å². The summed E-state index contributed by atoms with van der Waals surface area (Å²) in [6.07, 6.45) is 1.88. The fourth-order valence-electron chi connectivity index (χ4n) is 1.39. The summed E-state index contributed by atoms with van der Waals surface area (Å²) in [5, 5.41) is 15.0. The van der Waals surface area contributed by atoms with Crippen LogP contribution in [-0.4, -0.2) is 27.7 Å². The van der Waals surface area contributed by atoms with Crippen molar-refractivity contribution in [3.8, 4) is 0 Å². The first-order valence-electron chi connectivity index (χ1n) is 5.02. The largest absolute Gasteiger partial charge is 0.480 e. The number of hydrogen-bond donors (Lipinski definition) is 2. The lowest BCUT2D eigenvalue weighted by molar-refractivity contribution is -0.144. The Labute approximate surface area is 92.6 Å². The van der Waals surface area contributed by atoms with Crippen LogP contribution in [-0.2, 0) is 4.79 Å². The van der Waals surface area contributed by atoms with Gasteiger partial charge in [0.1, 0.15) is 11.8 Å². The van der Waals surface area contributed by atoms with E-state index in [0.717, 1.165) is 0 Å². The Morgan fingerprint density at radius 3 is 2.50 bits per heavy atom. The maximum absolute atomic E-state index is 11.6. The molecule has 1 aromatic heterocycles. The van der Waals surface area contributed by atoms with E-state index in [9.17, 15) is 9.59 Å². The van der Waals surface area contributed by atoms with Crippen molar-refractivity contribution in [2.75, 3.05) is 0 Å². The second-order valence-electron chi connectivity index (χ2n) is 3.43. The van der Waals surface area contributed by atoms with Gasteiger partial charge in [0.2, 0.25) is 0 Å². The summed E-state index contributed by atoms with van der Waals surface area (Å²) in [5.41, 5.74) is -1.16. The van der Waals surface area contributed by atoms with Gasteiger partial charge in [0.15, 0.2) is 5.69 Å². The Balaban J connectivity index is 2.84. The van der Waals surface area contributed by atoms with Crippen LogP contribution in [0.25, 0.3) is 0 Å². The highest BCUT2D eigenvalue weighted by Gasteiger charge is 2.37. The molecular weight excluding hydrogens is 212 g/mol. The lowest BCUT2D eigenvalue weighted by atomic mass is 9.93. The standard InChI is InChI=1S/C10H14N2O4/c1-3-10(4-2,9(14)15)11-8(13)7-5-6-16-12-7/h5-6H,3-4H2,1-2H3,(H,11,13)(H,14,15). The molecular formula is C10H14N2O4. The zero-order valence-electron chi connectivity index (χ0n) is 9.19. The van der Waals surface area contributed by atoms with Crippen LogP contribution in [0, 0.1) is 0 Å². The lowest BCUT2D eigenvalue weighted by Gasteiger charge is -2.27. The average molecular weight is 226 g/mol. The molecule has 1 amide bonds. The molecule has 0 aliphatic heterocycles. The molecule has 0 aromatic carbocycles. The third kappa shape index (κ3) is 2.21. The molecule has 0 fully saturated rings. The first kappa shape index (κ1) is 12.2. The molecule has 0 unspecified atom stereocenters. The summed E-state index contributed by atoms with van der Waals surface area (Å²) in [6, 6.07) is 1.38. The minimum atomic E-state index is -1.24. The molecule has 6 nitrogen and oxygen atoms in total. The van der Waals surface area contributed by atoms with Crippen LogP contribution >= 0.6 is 0 Å². The second-order valence-corrected chi connectivity index (χ2v) is 3.43. The van der Waals surface area contributed by atoms with Crippen LogP contribution in [0.1, 0.15) is 37.2 Å². The number of rotatable bonds is 5. The van der Waals surface area contributed by atoms with E-state index in [2.05, 4.69) is 15.0 Å². The first-order chi connectivity index (χ1) is 7.55. The highest BCUT2D eigenvalue weighted by atomic mass is 16.5. The predicted octanol–water partition coefficient (Wildman–Crippen LogP) is 1.05. The number of hydrogen-bond acceptors (Lipinski definition) is 4. The van der Waals surface area contributed by atoms with Crippen LogP contribution in [0.15, 0.2) is 16.9 Å². The molecule has 0 saturated carbocycles. The van der Waals surface area contributed by atoms with E-state index in [1.807, 2.05) is 0 Å². The second kappa shape index (κ2) is 4.78. The van der Waals surface area contributed by atoms with Gasteiger partial charge in [0, 0.05) is 6.07 Å². The average Bonchev–Trinajstić information content (AvgIpc) is 2.78. The van der Waals surface area contributed by atoms with E-state index < -0.39 is 17.4 Å². The zero-order valence-corrected chi connectivity index (χ0v) is 9.19. The molecule has 0 spiro atoms. The molecule has 1 aromatic rings. The van der Waals surface area contributed by atoms with Crippen molar-refractivity contribution < 1.29 is 19.2 Å². The SMILES string of the molecule is CCC(CC)(NC(=O)c1ccon1)C(=O)O. The fourth-order valence-corrected chi connectivity index (χ4v) is 1.39. The molecule has 1 heterocycles. The number of carboxylic acids is 1. The van der Waals surface area contributed by atoms with Gasteiger partial charge < -0.3 is 14.9 Å². The predicted molar refractivity (Wildman–Crippen MR) is 54.9 cm³/mol. The zero-order chi connectivity index (χ0) is 12.2. The number of carbonyl (C=O) groups excluding carboxylic acids is 1. The van der Waals surface area contributed by atoms with E-state index in [1.54, 1.807) is 13.8 Å². The summed E-state index contributed by atoms with van der Waals surface area (Å²) >= 11 is 0. The Bertz CT molecular complexity index is 368. The molecule has 88 valence electrons. The van der Waals surface area contributed by atoms with Gasteiger partial charge in [-0.2, -0.15) is 0 Å². The Hall–Kier alpha value is -1.85. The fraction of sp³-hybridized carbons (Fsp3) is 0.500. The molecule has 0 aliphatic rings. The molecule has 0 radical (unpaired) electrons. The van der Waals surface area contributed by atoms with Crippen molar-refractivity contribution in [1.29, 1.82) is 0 Å². The van der Waals surface area contributed by atoms with Gasteiger partial charge in [-0.25, -0.2) is 4.79 Å². The molecule has 1 rings (SSSR count). The Morgan fingerprint density at radius 2 is 2.12 bits per heavy atom. The lowest BCUT2D eigenvalue weighted by Crippen LogP contribution is -2.53. The summed E-state index contributed by atoms with van der Waals surface area (Å²) in [7, 11) is 0. The Kier molecular flexibility index (Phi) is 3.65. The van der Waals surface area contributed by atoms with Crippen molar-refractivity contribution in [3.05, 3.63) is 18.0 Å². The van der Waals surface area contributed by atoms with Gasteiger partial charge in [-0.15, -0.1) is 0 Å². The van der Waals surface area contributed by atoms with Crippen LogP contribution in [0.2, 0.25) is 0 Å². The molecule has 0 aliphatic carbocycles. The van der Waals surface area contributed by atoms with Crippen LogP contribution in [0.5, 0.6) is 0 Å². The minimum absolute atomic E-state index is 0.0764. The first-order valence-corrected chi connectivity index (χ1v) is 5.02. The number of nitrogens with one attached hydrogen (secondary N) is 1. The van der Waals surface area contributed by atoms with Gasteiger partial charge in [0.25, 0.3) is 5.91 Å². The van der Waals surface area contributed by atoms with Crippen LogP contribution in [0.3, 0.4) is 0 Å². The molecule has 6 heteroatoms. The van der Waals surface area contributed by atoms with Crippen molar-refractivity contribution in [2.45, 2.75) is 32.2 Å². The van der Waals surface area contributed by atoms with E-state index in [4.69, 9.17) is 5.11 Å². The number of aromatic nitrogens is 1.